The van der Waals surface area contributed by atoms with Crippen LogP contribution in [-0.4, -0.2) is 38.4 Å². The average molecular weight is 423 g/mol. The zero-order valence-electron chi connectivity index (χ0n) is 16.5. The summed E-state index contributed by atoms with van der Waals surface area (Å²) in [4.78, 5) is 35.6. The van der Waals surface area contributed by atoms with Crippen molar-refractivity contribution in [2.75, 3.05) is 11.9 Å². The molecule has 3 aromatic rings. The van der Waals surface area contributed by atoms with Crippen LogP contribution in [0.4, 0.5) is 5.82 Å². The molecule has 8 heteroatoms. The molecule has 3 heterocycles. The third-order valence-corrected chi connectivity index (χ3v) is 6.36. The summed E-state index contributed by atoms with van der Waals surface area (Å²) in [7, 11) is 0. The lowest BCUT2D eigenvalue weighted by molar-refractivity contribution is -0.132. The highest BCUT2D eigenvalue weighted by Crippen LogP contribution is 2.38. The van der Waals surface area contributed by atoms with Crippen LogP contribution in [0.2, 0.25) is 0 Å². The van der Waals surface area contributed by atoms with Gasteiger partial charge >= 0.3 is 5.97 Å². The molecule has 2 aromatic heterocycles. The monoisotopic (exact) mass is 422 g/mol. The van der Waals surface area contributed by atoms with Crippen molar-refractivity contribution in [2.45, 2.75) is 32.4 Å². The Hall–Kier alpha value is -3.26. The number of amides is 1. The van der Waals surface area contributed by atoms with Crippen molar-refractivity contribution in [1.82, 2.24) is 14.9 Å². The van der Waals surface area contributed by atoms with E-state index in [0.717, 1.165) is 39.5 Å². The van der Waals surface area contributed by atoms with Gasteiger partial charge in [0.15, 0.2) is 0 Å². The summed E-state index contributed by atoms with van der Waals surface area (Å²) in [6.45, 7) is 3.13. The molecule has 1 atom stereocenters. The lowest BCUT2D eigenvalue weighted by Crippen LogP contribution is -2.34. The standard InChI is InChI=1S/C22H22N4O3S/c1-2-16(14-6-4-3-5-7-14)25-21-20-15-10-11-26(18(27)8-9-19(28)29)12-17(15)30-22(20)24-13-23-21/h3-9,13,16H,2,10-12H2,1H3,(H,28,29)(H,23,24,25)/t16-/m1/s1. The Morgan fingerprint density at radius 2 is 2.07 bits per heavy atom. The van der Waals surface area contributed by atoms with Crippen LogP contribution in [-0.2, 0) is 22.6 Å². The second-order valence-electron chi connectivity index (χ2n) is 7.10. The van der Waals surface area contributed by atoms with E-state index in [2.05, 4.69) is 34.3 Å². The number of carbonyl (C=O) groups is 2. The number of carbonyl (C=O) groups excluding carboxylic acids is 1. The van der Waals surface area contributed by atoms with Gasteiger partial charge in [-0.2, -0.15) is 0 Å². The molecule has 154 valence electrons. The smallest absolute Gasteiger partial charge is 0.328 e. The number of fused-ring (bicyclic) bond motifs is 3. The number of rotatable bonds is 6. The topological polar surface area (TPSA) is 95.4 Å². The number of carboxylic acids is 1. The summed E-state index contributed by atoms with van der Waals surface area (Å²) in [5.41, 5.74) is 2.38. The number of thiophene rings is 1. The zero-order valence-corrected chi connectivity index (χ0v) is 17.4. The van der Waals surface area contributed by atoms with Gasteiger partial charge in [-0.05, 0) is 24.0 Å². The Labute approximate surface area is 178 Å². The maximum absolute atomic E-state index is 12.3. The van der Waals surface area contributed by atoms with Crippen molar-refractivity contribution in [3.8, 4) is 0 Å². The Kier molecular flexibility index (Phi) is 5.76. The van der Waals surface area contributed by atoms with Crippen LogP contribution in [0, 0.1) is 0 Å². The summed E-state index contributed by atoms with van der Waals surface area (Å²) >= 11 is 1.56. The Morgan fingerprint density at radius 3 is 2.80 bits per heavy atom. The van der Waals surface area contributed by atoms with Crippen LogP contribution in [0.15, 0.2) is 48.8 Å². The van der Waals surface area contributed by atoms with Crippen LogP contribution in [0.3, 0.4) is 0 Å². The third kappa shape index (κ3) is 4.04. The predicted octanol–water partition coefficient (Wildman–Crippen LogP) is 3.78. The number of aliphatic carboxylic acids is 1. The second kappa shape index (κ2) is 8.62. The molecule has 7 nitrogen and oxygen atoms in total. The van der Waals surface area contributed by atoms with Crippen molar-refractivity contribution >= 4 is 39.2 Å². The normalized spacial score (nSPS) is 14.6. The van der Waals surface area contributed by atoms with Gasteiger partial charge in [0, 0.05) is 23.6 Å². The van der Waals surface area contributed by atoms with E-state index < -0.39 is 5.97 Å². The van der Waals surface area contributed by atoms with Gasteiger partial charge in [-0.3, -0.25) is 4.79 Å². The van der Waals surface area contributed by atoms with Crippen LogP contribution in [0.25, 0.3) is 10.2 Å². The fourth-order valence-electron chi connectivity index (χ4n) is 3.74. The number of anilines is 1. The van der Waals surface area contributed by atoms with Crippen LogP contribution >= 0.6 is 11.3 Å². The minimum Gasteiger partial charge on any atom is -0.478 e. The number of carboxylic acid groups (broad SMARTS) is 1. The molecular formula is C22H22N4O3S. The minimum absolute atomic E-state index is 0.141. The average Bonchev–Trinajstić information content (AvgIpc) is 3.14. The second-order valence-corrected chi connectivity index (χ2v) is 8.19. The molecule has 0 fully saturated rings. The molecule has 30 heavy (non-hydrogen) atoms. The summed E-state index contributed by atoms with van der Waals surface area (Å²) in [5.74, 6) is -0.600. The van der Waals surface area contributed by atoms with E-state index in [0.29, 0.717) is 19.5 Å². The molecule has 1 aliphatic heterocycles. The molecule has 0 radical (unpaired) electrons. The van der Waals surface area contributed by atoms with Gasteiger partial charge in [-0.25, -0.2) is 14.8 Å². The van der Waals surface area contributed by atoms with Crippen molar-refractivity contribution in [1.29, 1.82) is 0 Å². The van der Waals surface area contributed by atoms with Crippen molar-refractivity contribution < 1.29 is 14.7 Å². The summed E-state index contributed by atoms with van der Waals surface area (Å²) in [6, 6.07) is 10.4. The molecule has 1 aromatic carbocycles. The maximum Gasteiger partial charge on any atom is 0.328 e. The fraction of sp³-hybridized carbons (Fsp3) is 0.273. The first-order valence-electron chi connectivity index (χ1n) is 9.83. The highest BCUT2D eigenvalue weighted by molar-refractivity contribution is 7.19. The molecule has 0 bridgehead atoms. The molecule has 2 N–H and O–H groups in total. The number of benzene rings is 1. The van der Waals surface area contributed by atoms with Crippen molar-refractivity contribution in [3.63, 3.8) is 0 Å². The predicted molar refractivity (Wildman–Crippen MR) is 116 cm³/mol. The van der Waals surface area contributed by atoms with Gasteiger partial charge in [-0.1, -0.05) is 37.3 Å². The first kappa shape index (κ1) is 20.0. The molecule has 0 spiro atoms. The molecule has 0 unspecified atom stereocenters. The van der Waals surface area contributed by atoms with Gasteiger partial charge in [0.25, 0.3) is 0 Å². The van der Waals surface area contributed by atoms with Gasteiger partial charge < -0.3 is 15.3 Å². The Bertz CT molecular complexity index is 1110. The summed E-state index contributed by atoms with van der Waals surface area (Å²) in [5, 5.41) is 13.4. The molecule has 4 rings (SSSR count). The lowest BCUT2D eigenvalue weighted by atomic mass is 10.0. The van der Waals surface area contributed by atoms with E-state index in [1.54, 1.807) is 22.6 Å². The van der Waals surface area contributed by atoms with Crippen LogP contribution in [0.1, 0.15) is 35.4 Å². The first-order chi connectivity index (χ1) is 14.6. The Balaban J connectivity index is 1.63. The molecular weight excluding hydrogens is 400 g/mol. The van der Waals surface area contributed by atoms with E-state index in [-0.39, 0.29) is 11.9 Å². The lowest BCUT2D eigenvalue weighted by Gasteiger charge is -2.26. The van der Waals surface area contributed by atoms with Gasteiger partial charge in [0.1, 0.15) is 17.0 Å². The molecule has 0 saturated carbocycles. The van der Waals surface area contributed by atoms with Gasteiger partial charge in [-0.15, -0.1) is 11.3 Å². The minimum atomic E-state index is -1.13. The zero-order chi connectivity index (χ0) is 21.1. The summed E-state index contributed by atoms with van der Waals surface area (Å²) in [6.07, 6.45) is 5.17. The van der Waals surface area contributed by atoms with E-state index in [1.165, 1.54) is 11.1 Å². The number of nitrogens with zero attached hydrogens (tertiary/aromatic N) is 3. The number of hydrogen-bond donors (Lipinski definition) is 2. The van der Waals surface area contributed by atoms with Gasteiger partial charge in [0.05, 0.1) is 18.0 Å². The molecule has 1 aliphatic rings. The van der Waals surface area contributed by atoms with Gasteiger partial charge in [0.2, 0.25) is 5.91 Å². The third-order valence-electron chi connectivity index (χ3n) is 5.24. The van der Waals surface area contributed by atoms with Crippen molar-refractivity contribution in [3.05, 3.63) is 64.8 Å². The van der Waals surface area contributed by atoms with Crippen LogP contribution < -0.4 is 5.32 Å². The molecule has 0 aliphatic carbocycles. The maximum atomic E-state index is 12.3. The number of aromatic nitrogens is 2. The quantitative estimate of drug-likeness (QED) is 0.587. The highest BCUT2D eigenvalue weighted by Gasteiger charge is 2.26. The van der Waals surface area contributed by atoms with Crippen molar-refractivity contribution in [2.24, 2.45) is 0 Å². The Morgan fingerprint density at radius 1 is 1.27 bits per heavy atom. The number of hydrogen-bond acceptors (Lipinski definition) is 6. The fourth-order valence-corrected chi connectivity index (χ4v) is 4.95. The van der Waals surface area contributed by atoms with Crippen LogP contribution in [0.5, 0.6) is 0 Å². The van der Waals surface area contributed by atoms with E-state index in [4.69, 9.17) is 5.11 Å². The van der Waals surface area contributed by atoms with E-state index in [1.807, 2.05) is 18.2 Å². The molecule has 0 saturated heterocycles. The largest absolute Gasteiger partial charge is 0.478 e. The van der Waals surface area contributed by atoms with E-state index >= 15 is 0 Å². The summed E-state index contributed by atoms with van der Waals surface area (Å²) < 4.78 is 0. The van der Waals surface area contributed by atoms with E-state index in [9.17, 15) is 9.59 Å². The molecule has 1 amide bonds. The first-order valence-corrected chi connectivity index (χ1v) is 10.6. The highest BCUT2D eigenvalue weighted by atomic mass is 32.1. The number of nitrogens with one attached hydrogen (secondary N) is 1. The SMILES string of the molecule is CC[C@@H](Nc1ncnc2sc3c(c12)CCN(C(=O)C=CC(=O)O)C3)c1ccccc1.